The second kappa shape index (κ2) is 5.34. The second-order valence-corrected chi connectivity index (χ2v) is 5.95. The number of nitrogens with zero attached hydrogens (tertiary/aromatic N) is 1. The lowest BCUT2D eigenvalue weighted by Gasteiger charge is -2.27. The molecule has 0 aliphatic rings. The molecule has 100 valence electrons. The minimum absolute atomic E-state index is 0.0353. The summed E-state index contributed by atoms with van der Waals surface area (Å²) in [6.07, 6.45) is 0.0353. The highest BCUT2D eigenvalue weighted by molar-refractivity contribution is 7.13. The predicted molar refractivity (Wildman–Crippen MR) is 69.3 cm³/mol. The number of nitrogen functional groups attached to an aromatic ring is 1. The predicted octanol–water partition coefficient (Wildman–Crippen LogP) is 0.883. The molecule has 18 heavy (non-hydrogen) atoms. The number of carbonyl (C=O) groups is 2. The van der Waals surface area contributed by atoms with Crippen molar-refractivity contribution in [1.29, 1.82) is 0 Å². The van der Waals surface area contributed by atoms with E-state index in [1.54, 1.807) is 26.2 Å². The maximum atomic E-state index is 11.7. The van der Waals surface area contributed by atoms with Crippen LogP contribution in [-0.4, -0.2) is 28.0 Å². The van der Waals surface area contributed by atoms with Gasteiger partial charge in [-0.2, -0.15) is 0 Å². The van der Waals surface area contributed by atoms with Gasteiger partial charge >= 0.3 is 5.97 Å². The molecule has 0 aliphatic carbocycles. The SMILES string of the molecule is CC(C)(C)[C@@H](NC(=O)Cc1csc(N)n1)C(=O)O. The zero-order valence-electron chi connectivity index (χ0n) is 10.6. The molecule has 0 saturated heterocycles. The van der Waals surface area contributed by atoms with Gasteiger partial charge in [-0.1, -0.05) is 20.8 Å². The van der Waals surface area contributed by atoms with E-state index in [-0.39, 0.29) is 12.3 Å². The molecule has 1 atom stereocenters. The number of aromatic nitrogens is 1. The maximum Gasteiger partial charge on any atom is 0.326 e. The first-order valence-electron chi connectivity index (χ1n) is 5.42. The summed E-state index contributed by atoms with van der Waals surface area (Å²) in [5.41, 5.74) is 5.45. The molecule has 0 spiro atoms. The van der Waals surface area contributed by atoms with E-state index in [1.165, 1.54) is 11.3 Å². The van der Waals surface area contributed by atoms with Gasteiger partial charge in [0.15, 0.2) is 5.13 Å². The summed E-state index contributed by atoms with van der Waals surface area (Å²) in [6, 6.07) is -0.930. The molecule has 6 nitrogen and oxygen atoms in total. The Kier molecular flexibility index (Phi) is 4.28. The minimum atomic E-state index is -1.05. The van der Waals surface area contributed by atoms with E-state index in [0.717, 1.165) is 0 Å². The Bertz CT molecular complexity index is 451. The van der Waals surface area contributed by atoms with Crippen LogP contribution in [0.4, 0.5) is 5.13 Å². The van der Waals surface area contributed by atoms with Crippen LogP contribution in [0.5, 0.6) is 0 Å². The van der Waals surface area contributed by atoms with Crippen LogP contribution < -0.4 is 11.1 Å². The van der Waals surface area contributed by atoms with E-state index >= 15 is 0 Å². The number of hydrogen-bond acceptors (Lipinski definition) is 5. The van der Waals surface area contributed by atoms with E-state index < -0.39 is 17.4 Å². The van der Waals surface area contributed by atoms with Crippen LogP contribution >= 0.6 is 11.3 Å². The van der Waals surface area contributed by atoms with Gasteiger partial charge in [0.25, 0.3) is 0 Å². The molecule has 7 heteroatoms. The topological polar surface area (TPSA) is 105 Å². The summed E-state index contributed by atoms with van der Waals surface area (Å²) in [4.78, 5) is 26.8. The standard InChI is InChI=1S/C11H17N3O3S/c1-11(2,3)8(9(16)17)14-7(15)4-6-5-18-10(12)13-6/h5,8H,4H2,1-3H3,(H2,12,13)(H,14,15)(H,16,17)/t8-/m0/s1. The molecule has 0 bridgehead atoms. The number of carboxylic acids is 1. The molecule has 0 fully saturated rings. The van der Waals surface area contributed by atoms with Gasteiger partial charge in [0.2, 0.25) is 5.91 Å². The molecule has 4 N–H and O–H groups in total. The summed E-state index contributed by atoms with van der Waals surface area (Å²) in [7, 11) is 0. The van der Waals surface area contributed by atoms with Crippen LogP contribution in [0, 0.1) is 5.41 Å². The van der Waals surface area contributed by atoms with Gasteiger partial charge in [-0.25, -0.2) is 9.78 Å². The Hall–Kier alpha value is -1.63. The monoisotopic (exact) mass is 271 g/mol. The normalized spacial score (nSPS) is 13.1. The van der Waals surface area contributed by atoms with Crippen molar-refractivity contribution in [3.05, 3.63) is 11.1 Å². The highest BCUT2D eigenvalue weighted by Crippen LogP contribution is 2.19. The molecule has 0 aromatic carbocycles. The van der Waals surface area contributed by atoms with E-state index in [1.807, 2.05) is 0 Å². The van der Waals surface area contributed by atoms with Gasteiger partial charge in [0.1, 0.15) is 6.04 Å². The van der Waals surface area contributed by atoms with Crippen molar-refractivity contribution in [3.8, 4) is 0 Å². The second-order valence-electron chi connectivity index (χ2n) is 5.06. The fourth-order valence-corrected chi connectivity index (χ4v) is 1.99. The average molecular weight is 271 g/mol. The average Bonchev–Trinajstić information content (AvgIpc) is 2.58. The zero-order valence-corrected chi connectivity index (χ0v) is 11.4. The molecule has 0 radical (unpaired) electrons. The molecule has 1 rings (SSSR count). The first-order valence-corrected chi connectivity index (χ1v) is 6.30. The van der Waals surface area contributed by atoms with Gasteiger partial charge in [-0.05, 0) is 5.41 Å². The lowest BCUT2D eigenvalue weighted by Crippen LogP contribution is -2.49. The Labute approximate surface area is 109 Å². The van der Waals surface area contributed by atoms with E-state index in [2.05, 4.69) is 10.3 Å². The lowest BCUT2D eigenvalue weighted by atomic mass is 9.86. The first-order chi connectivity index (χ1) is 8.20. The van der Waals surface area contributed by atoms with Gasteiger partial charge in [0, 0.05) is 5.38 Å². The number of rotatable bonds is 4. The number of hydrogen-bond donors (Lipinski definition) is 3. The number of carboxylic acid groups (broad SMARTS) is 1. The van der Waals surface area contributed by atoms with Crippen molar-refractivity contribution in [3.63, 3.8) is 0 Å². The van der Waals surface area contributed by atoms with Crippen LogP contribution in [0.25, 0.3) is 0 Å². The molecular weight excluding hydrogens is 254 g/mol. The molecule has 0 saturated carbocycles. The third kappa shape index (κ3) is 3.99. The minimum Gasteiger partial charge on any atom is -0.480 e. The Balaban J connectivity index is 2.65. The zero-order chi connectivity index (χ0) is 13.9. The molecule has 1 aromatic rings. The Morgan fingerprint density at radius 3 is 2.56 bits per heavy atom. The van der Waals surface area contributed by atoms with Crippen molar-refractivity contribution in [2.24, 2.45) is 5.41 Å². The van der Waals surface area contributed by atoms with Gasteiger partial charge < -0.3 is 16.2 Å². The number of thiazole rings is 1. The number of carbonyl (C=O) groups excluding carboxylic acids is 1. The maximum absolute atomic E-state index is 11.7. The van der Waals surface area contributed by atoms with E-state index in [0.29, 0.717) is 10.8 Å². The van der Waals surface area contributed by atoms with Crippen LogP contribution in [0.3, 0.4) is 0 Å². The number of nitrogens with one attached hydrogen (secondary N) is 1. The molecular formula is C11H17N3O3S. The third-order valence-electron chi connectivity index (χ3n) is 2.33. The third-order valence-corrected chi connectivity index (χ3v) is 3.05. The van der Waals surface area contributed by atoms with Crippen molar-refractivity contribution in [2.75, 3.05) is 5.73 Å². The van der Waals surface area contributed by atoms with Crippen LogP contribution in [0.2, 0.25) is 0 Å². The summed E-state index contributed by atoms with van der Waals surface area (Å²) in [5.74, 6) is -1.42. The van der Waals surface area contributed by atoms with Crippen molar-refractivity contribution in [1.82, 2.24) is 10.3 Å². The van der Waals surface area contributed by atoms with Crippen molar-refractivity contribution < 1.29 is 14.7 Å². The molecule has 1 heterocycles. The van der Waals surface area contributed by atoms with E-state index in [9.17, 15) is 9.59 Å². The van der Waals surface area contributed by atoms with Crippen LogP contribution in [0.1, 0.15) is 26.5 Å². The smallest absolute Gasteiger partial charge is 0.326 e. The number of aliphatic carboxylic acids is 1. The van der Waals surface area contributed by atoms with Crippen LogP contribution in [-0.2, 0) is 16.0 Å². The Morgan fingerprint density at radius 2 is 2.17 bits per heavy atom. The Morgan fingerprint density at radius 1 is 1.56 bits per heavy atom. The fraction of sp³-hybridized carbons (Fsp3) is 0.545. The summed E-state index contributed by atoms with van der Waals surface area (Å²) < 4.78 is 0. The number of anilines is 1. The highest BCUT2D eigenvalue weighted by Gasteiger charge is 2.32. The molecule has 1 amide bonds. The fourth-order valence-electron chi connectivity index (χ4n) is 1.43. The molecule has 1 aromatic heterocycles. The van der Waals surface area contributed by atoms with Gasteiger partial charge in [0.05, 0.1) is 12.1 Å². The summed E-state index contributed by atoms with van der Waals surface area (Å²) in [5, 5.41) is 13.7. The highest BCUT2D eigenvalue weighted by atomic mass is 32.1. The largest absolute Gasteiger partial charge is 0.480 e. The summed E-state index contributed by atoms with van der Waals surface area (Å²) in [6.45, 7) is 5.27. The molecule has 0 unspecified atom stereocenters. The van der Waals surface area contributed by atoms with E-state index in [4.69, 9.17) is 10.8 Å². The van der Waals surface area contributed by atoms with Crippen molar-refractivity contribution in [2.45, 2.75) is 33.2 Å². The van der Waals surface area contributed by atoms with Gasteiger partial charge in [-0.15, -0.1) is 11.3 Å². The summed E-state index contributed by atoms with van der Waals surface area (Å²) >= 11 is 1.25. The van der Waals surface area contributed by atoms with Crippen LogP contribution in [0.15, 0.2) is 5.38 Å². The van der Waals surface area contributed by atoms with Crippen molar-refractivity contribution >= 4 is 28.3 Å². The number of amides is 1. The van der Waals surface area contributed by atoms with Gasteiger partial charge in [-0.3, -0.25) is 4.79 Å². The quantitative estimate of drug-likeness (QED) is 0.754. The number of nitrogens with two attached hydrogens (primary N) is 1. The lowest BCUT2D eigenvalue weighted by molar-refractivity contribution is -0.144. The first kappa shape index (κ1) is 14.4. The molecule has 0 aliphatic heterocycles.